The number of nitrogen functional groups attached to an aromatic ring is 1. The van der Waals surface area contributed by atoms with Gasteiger partial charge in [-0.2, -0.15) is 0 Å². The van der Waals surface area contributed by atoms with Crippen LogP contribution in [0.4, 0.5) is 5.69 Å². The quantitative estimate of drug-likeness (QED) is 0.823. The zero-order valence-electron chi connectivity index (χ0n) is 10.6. The van der Waals surface area contributed by atoms with Gasteiger partial charge in [0.05, 0.1) is 0 Å². The molecule has 1 aromatic rings. The fourth-order valence-electron chi connectivity index (χ4n) is 2.50. The van der Waals surface area contributed by atoms with E-state index in [1.165, 1.54) is 12.8 Å². The molecule has 0 heterocycles. The first-order valence-electron chi connectivity index (χ1n) is 6.42. The molecule has 4 heteroatoms. The topological polar surface area (TPSA) is 55.1 Å². The summed E-state index contributed by atoms with van der Waals surface area (Å²) >= 11 is 3.34. The van der Waals surface area contributed by atoms with Crippen molar-refractivity contribution < 1.29 is 4.79 Å². The highest BCUT2D eigenvalue weighted by Crippen LogP contribution is 2.24. The molecular weight excluding hydrogens is 292 g/mol. The van der Waals surface area contributed by atoms with Crippen molar-refractivity contribution in [3.63, 3.8) is 0 Å². The second-order valence-corrected chi connectivity index (χ2v) is 6.03. The molecule has 2 unspecified atom stereocenters. The van der Waals surface area contributed by atoms with Gasteiger partial charge < -0.3 is 11.1 Å². The molecule has 98 valence electrons. The molecule has 3 N–H and O–H groups in total. The number of hydrogen-bond donors (Lipinski definition) is 2. The average molecular weight is 311 g/mol. The maximum absolute atomic E-state index is 12.1. The van der Waals surface area contributed by atoms with Gasteiger partial charge in [-0.25, -0.2) is 0 Å². The van der Waals surface area contributed by atoms with E-state index in [-0.39, 0.29) is 5.91 Å². The van der Waals surface area contributed by atoms with Crippen LogP contribution in [0.3, 0.4) is 0 Å². The third kappa shape index (κ3) is 3.25. The van der Waals surface area contributed by atoms with Crippen LogP contribution >= 0.6 is 15.9 Å². The molecule has 18 heavy (non-hydrogen) atoms. The molecule has 0 radical (unpaired) electrons. The Balaban J connectivity index is 2.00. The maximum Gasteiger partial charge on any atom is 0.251 e. The molecule has 1 fully saturated rings. The molecule has 0 aliphatic heterocycles. The average Bonchev–Trinajstić information content (AvgIpc) is 2.32. The summed E-state index contributed by atoms with van der Waals surface area (Å²) in [5, 5.41) is 3.11. The molecule has 1 saturated carbocycles. The first-order chi connectivity index (χ1) is 8.56. The molecule has 1 aliphatic rings. The number of anilines is 1. The molecule has 0 spiro atoms. The van der Waals surface area contributed by atoms with E-state index in [9.17, 15) is 4.79 Å². The summed E-state index contributed by atoms with van der Waals surface area (Å²) in [5.41, 5.74) is 7.02. The number of halogens is 1. The van der Waals surface area contributed by atoms with Gasteiger partial charge in [0.1, 0.15) is 0 Å². The fraction of sp³-hybridized carbons (Fsp3) is 0.500. The lowest BCUT2D eigenvalue weighted by atomic mass is 9.87. The van der Waals surface area contributed by atoms with Crippen LogP contribution in [0.15, 0.2) is 22.7 Å². The van der Waals surface area contributed by atoms with Crippen LogP contribution in [0, 0.1) is 5.92 Å². The molecule has 1 aromatic carbocycles. The zero-order valence-corrected chi connectivity index (χ0v) is 12.2. The lowest BCUT2D eigenvalue weighted by Gasteiger charge is -2.27. The second kappa shape index (κ2) is 5.74. The van der Waals surface area contributed by atoms with Gasteiger partial charge in [0.25, 0.3) is 5.91 Å². The number of hydrogen-bond acceptors (Lipinski definition) is 2. The Labute approximate surface area is 116 Å². The predicted octanol–water partition coefficient (Wildman–Crippen LogP) is 3.34. The van der Waals surface area contributed by atoms with Gasteiger partial charge in [0, 0.05) is 21.8 Å². The van der Waals surface area contributed by atoms with Crippen molar-refractivity contribution >= 4 is 27.5 Å². The third-order valence-electron chi connectivity index (χ3n) is 3.53. The normalized spacial score (nSPS) is 23.7. The largest absolute Gasteiger partial charge is 0.398 e. The van der Waals surface area contributed by atoms with Gasteiger partial charge in [-0.15, -0.1) is 0 Å². The fourth-order valence-corrected chi connectivity index (χ4v) is 2.88. The van der Waals surface area contributed by atoms with Gasteiger partial charge in [-0.1, -0.05) is 19.8 Å². The molecule has 1 amide bonds. The highest BCUT2D eigenvalue weighted by molar-refractivity contribution is 9.10. The molecule has 2 atom stereocenters. The van der Waals surface area contributed by atoms with Gasteiger partial charge in [0.2, 0.25) is 0 Å². The summed E-state index contributed by atoms with van der Waals surface area (Å²) in [6.45, 7) is 2.25. The zero-order chi connectivity index (χ0) is 13.1. The van der Waals surface area contributed by atoms with Crippen LogP contribution in [-0.2, 0) is 0 Å². The molecule has 3 nitrogen and oxygen atoms in total. The number of benzene rings is 1. The van der Waals surface area contributed by atoms with E-state index in [0.717, 1.165) is 17.3 Å². The van der Waals surface area contributed by atoms with E-state index < -0.39 is 0 Å². The van der Waals surface area contributed by atoms with Crippen molar-refractivity contribution in [1.82, 2.24) is 5.32 Å². The second-order valence-electron chi connectivity index (χ2n) is 5.18. The number of nitrogens with one attached hydrogen (secondary N) is 1. The van der Waals surface area contributed by atoms with Crippen molar-refractivity contribution in [3.8, 4) is 0 Å². The number of amides is 1. The van der Waals surface area contributed by atoms with Crippen LogP contribution in [0.1, 0.15) is 43.0 Å². The monoisotopic (exact) mass is 310 g/mol. The Bertz CT molecular complexity index is 447. The van der Waals surface area contributed by atoms with Crippen molar-refractivity contribution in [2.75, 3.05) is 5.73 Å². The minimum Gasteiger partial charge on any atom is -0.398 e. The van der Waals surface area contributed by atoms with Crippen LogP contribution in [-0.4, -0.2) is 11.9 Å². The third-order valence-corrected chi connectivity index (χ3v) is 4.22. The van der Waals surface area contributed by atoms with E-state index in [1.807, 2.05) is 0 Å². The van der Waals surface area contributed by atoms with Gasteiger partial charge in [-0.3, -0.25) is 4.79 Å². The molecule has 2 rings (SSSR count). The number of carbonyl (C=O) groups is 1. The van der Waals surface area contributed by atoms with E-state index >= 15 is 0 Å². The SMILES string of the molecule is CC1CCCC(NC(=O)c2ccc(N)c(Br)c2)C1. The Morgan fingerprint density at radius 3 is 2.89 bits per heavy atom. The number of carbonyl (C=O) groups excluding carboxylic acids is 1. The summed E-state index contributed by atoms with van der Waals surface area (Å²) in [6.07, 6.45) is 4.66. The van der Waals surface area contributed by atoms with Crippen LogP contribution < -0.4 is 11.1 Å². The Hall–Kier alpha value is -1.03. The first kappa shape index (κ1) is 13.4. The molecular formula is C14H19BrN2O. The summed E-state index contributed by atoms with van der Waals surface area (Å²) in [5.74, 6) is 0.706. The van der Waals surface area contributed by atoms with E-state index in [4.69, 9.17) is 5.73 Å². The molecule has 0 aromatic heterocycles. The van der Waals surface area contributed by atoms with Crippen LogP contribution in [0.5, 0.6) is 0 Å². The van der Waals surface area contributed by atoms with Crippen LogP contribution in [0.2, 0.25) is 0 Å². The van der Waals surface area contributed by atoms with Gasteiger partial charge in [-0.05, 0) is 52.9 Å². The van der Waals surface area contributed by atoms with E-state index in [2.05, 4.69) is 28.2 Å². The predicted molar refractivity (Wildman–Crippen MR) is 77.4 cm³/mol. The Morgan fingerprint density at radius 1 is 1.44 bits per heavy atom. The van der Waals surface area contributed by atoms with Crippen molar-refractivity contribution in [2.24, 2.45) is 5.92 Å². The highest BCUT2D eigenvalue weighted by atomic mass is 79.9. The van der Waals surface area contributed by atoms with Crippen molar-refractivity contribution in [1.29, 1.82) is 0 Å². The smallest absolute Gasteiger partial charge is 0.251 e. The highest BCUT2D eigenvalue weighted by Gasteiger charge is 2.20. The lowest BCUT2D eigenvalue weighted by Crippen LogP contribution is -2.37. The number of rotatable bonds is 2. The summed E-state index contributed by atoms with van der Waals surface area (Å²) < 4.78 is 0.771. The first-order valence-corrected chi connectivity index (χ1v) is 7.21. The van der Waals surface area contributed by atoms with Crippen molar-refractivity contribution in [3.05, 3.63) is 28.2 Å². The maximum atomic E-state index is 12.1. The summed E-state index contributed by atoms with van der Waals surface area (Å²) in [6, 6.07) is 5.61. The van der Waals surface area contributed by atoms with Gasteiger partial charge in [0.15, 0.2) is 0 Å². The Kier molecular flexibility index (Phi) is 4.27. The molecule has 0 bridgehead atoms. The molecule has 1 aliphatic carbocycles. The molecule has 0 saturated heterocycles. The standard InChI is InChI=1S/C14H19BrN2O/c1-9-3-2-4-11(7-9)17-14(18)10-5-6-13(16)12(15)8-10/h5-6,8-9,11H,2-4,7,16H2,1H3,(H,17,18). The number of nitrogens with two attached hydrogens (primary N) is 1. The Morgan fingerprint density at radius 2 is 2.22 bits per heavy atom. The summed E-state index contributed by atoms with van der Waals surface area (Å²) in [7, 11) is 0. The summed E-state index contributed by atoms with van der Waals surface area (Å²) in [4.78, 5) is 12.1. The van der Waals surface area contributed by atoms with Crippen LogP contribution in [0.25, 0.3) is 0 Å². The van der Waals surface area contributed by atoms with Gasteiger partial charge >= 0.3 is 0 Å². The van der Waals surface area contributed by atoms with E-state index in [0.29, 0.717) is 23.2 Å². The lowest BCUT2D eigenvalue weighted by molar-refractivity contribution is 0.0921. The van der Waals surface area contributed by atoms with Crippen molar-refractivity contribution in [2.45, 2.75) is 38.6 Å². The minimum atomic E-state index is -0.00481. The van der Waals surface area contributed by atoms with E-state index in [1.54, 1.807) is 18.2 Å². The minimum absolute atomic E-state index is 0.00481.